The van der Waals surface area contributed by atoms with Crippen LogP contribution in [0.15, 0.2) is 58.8 Å². The summed E-state index contributed by atoms with van der Waals surface area (Å²) in [4.78, 5) is 30.2. The van der Waals surface area contributed by atoms with E-state index in [1.807, 2.05) is 53.9 Å². The first-order valence-corrected chi connectivity index (χ1v) is 12.9. The Hall–Kier alpha value is -2.84. The second-order valence-electron chi connectivity index (χ2n) is 7.95. The van der Waals surface area contributed by atoms with Crippen LogP contribution in [0.4, 0.5) is 10.8 Å². The number of ether oxygens (including phenoxy) is 1. The molecule has 33 heavy (non-hydrogen) atoms. The average Bonchev–Trinajstić information content (AvgIpc) is 3.32. The van der Waals surface area contributed by atoms with E-state index in [2.05, 4.69) is 15.6 Å². The lowest BCUT2D eigenvalue weighted by atomic mass is 9.88. The minimum absolute atomic E-state index is 0.106. The van der Waals surface area contributed by atoms with Crippen molar-refractivity contribution in [1.29, 1.82) is 0 Å². The molecule has 1 aromatic heterocycles. The fraction of sp³-hybridized carbons (Fsp3) is 0.320. The van der Waals surface area contributed by atoms with Gasteiger partial charge in [-0.1, -0.05) is 19.3 Å². The highest BCUT2D eigenvalue weighted by Gasteiger charge is 2.21. The maximum absolute atomic E-state index is 12.4. The van der Waals surface area contributed by atoms with Gasteiger partial charge in [-0.15, -0.1) is 23.1 Å². The molecular weight excluding hydrogens is 454 g/mol. The van der Waals surface area contributed by atoms with Crippen molar-refractivity contribution in [2.45, 2.75) is 37.0 Å². The lowest BCUT2D eigenvalue weighted by Crippen LogP contribution is -2.24. The molecule has 8 heteroatoms. The van der Waals surface area contributed by atoms with Crippen LogP contribution in [-0.2, 0) is 9.59 Å². The smallest absolute Gasteiger partial charge is 0.236 e. The molecule has 0 saturated heterocycles. The molecule has 0 aliphatic heterocycles. The number of amides is 2. The van der Waals surface area contributed by atoms with E-state index in [0.29, 0.717) is 5.13 Å². The Kier molecular flexibility index (Phi) is 8.01. The molecule has 0 atom stereocenters. The number of hydrogen-bond acceptors (Lipinski definition) is 6. The Morgan fingerprint density at radius 2 is 1.76 bits per heavy atom. The van der Waals surface area contributed by atoms with Crippen molar-refractivity contribution in [3.8, 4) is 17.0 Å². The molecule has 1 heterocycles. The summed E-state index contributed by atoms with van der Waals surface area (Å²) in [6.07, 6.45) is 5.47. The van der Waals surface area contributed by atoms with Crippen molar-refractivity contribution >= 4 is 45.7 Å². The van der Waals surface area contributed by atoms with Crippen molar-refractivity contribution in [2.75, 3.05) is 23.5 Å². The van der Waals surface area contributed by atoms with E-state index in [0.717, 1.165) is 53.3 Å². The van der Waals surface area contributed by atoms with Gasteiger partial charge in [0.15, 0.2) is 5.13 Å². The normalized spacial score (nSPS) is 14.0. The van der Waals surface area contributed by atoms with E-state index in [1.54, 1.807) is 7.11 Å². The molecule has 4 rings (SSSR count). The third kappa shape index (κ3) is 6.58. The van der Waals surface area contributed by atoms with Gasteiger partial charge in [0.2, 0.25) is 11.8 Å². The molecule has 0 spiro atoms. The molecule has 0 radical (unpaired) electrons. The summed E-state index contributed by atoms with van der Waals surface area (Å²) in [7, 11) is 1.63. The van der Waals surface area contributed by atoms with Gasteiger partial charge in [0.25, 0.3) is 0 Å². The predicted molar refractivity (Wildman–Crippen MR) is 135 cm³/mol. The molecule has 0 unspecified atom stereocenters. The molecule has 1 fully saturated rings. The molecule has 3 aromatic rings. The highest BCUT2D eigenvalue weighted by Crippen LogP contribution is 2.28. The van der Waals surface area contributed by atoms with Gasteiger partial charge in [0.05, 0.1) is 18.6 Å². The van der Waals surface area contributed by atoms with Crippen LogP contribution in [0, 0.1) is 5.92 Å². The van der Waals surface area contributed by atoms with Crippen molar-refractivity contribution in [2.24, 2.45) is 5.92 Å². The SMILES string of the molecule is COc1ccc(-c2csc(NC(=O)CSc3ccc(NC(=O)C4CCCCC4)cc3)n2)cc1. The van der Waals surface area contributed by atoms with E-state index < -0.39 is 0 Å². The zero-order chi connectivity index (χ0) is 23.0. The highest BCUT2D eigenvalue weighted by molar-refractivity contribution is 8.00. The topological polar surface area (TPSA) is 80.3 Å². The number of aromatic nitrogens is 1. The van der Waals surface area contributed by atoms with Gasteiger partial charge in [-0.25, -0.2) is 4.98 Å². The van der Waals surface area contributed by atoms with E-state index >= 15 is 0 Å². The number of carbonyl (C=O) groups is 2. The number of rotatable bonds is 8. The van der Waals surface area contributed by atoms with Crippen molar-refractivity contribution in [3.63, 3.8) is 0 Å². The lowest BCUT2D eigenvalue weighted by Gasteiger charge is -2.20. The van der Waals surface area contributed by atoms with Gasteiger partial charge in [0, 0.05) is 27.4 Å². The van der Waals surface area contributed by atoms with Gasteiger partial charge in [-0.05, 0) is 61.4 Å². The summed E-state index contributed by atoms with van der Waals surface area (Å²) in [5, 5.41) is 8.38. The van der Waals surface area contributed by atoms with Gasteiger partial charge in [-0.3, -0.25) is 9.59 Å². The third-order valence-corrected chi connectivity index (χ3v) is 7.37. The van der Waals surface area contributed by atoms with Gasteiger partial charge < -0.3 is 15.4 Å². The van der Waals surface area contributed by atoms with E-state index in [9.17, 15) is 9.59 Å². The van der Waals surface area contributed by atoms with E-state index in [1.165, 1.54) is 29.5 Å². The standard InChI is InChI=1S/C25H27N3O3S2/c1-31-20-11-7-17(8-12-20)22-15-33-25(27-22)28-23(29)16-32-21-13-9-19(10-14-21)26-24(30)18-5-3-2-4-6-18/h7-15,18H,2-6,16H2,1H3,(H,26,30)(H,27,28,29). The predicted octanol–water partition coefficient (Wildman–Crippen LogP) is 6.07. The molecule has 6 nitrogen and oxygen atoms in total. The molecule has 1 aliphatic carbocycles. The Balaban J connectivity index is 1.24. The van der Waals surface area contributed by atoms with Crippen LogP contribution in [0.25, 0.3) is 11.3 Å². The van der Waals surface area contributed by atoms with Crippen LogP contribution < -0.4 is 15.4 Å². The van der Waals surface area contributed by atoms with Crippen LogP contribution in [0.3, 0.4) is 0 Å². The van der Waals surface area contributed by atoms with Crippen molar-refractivity contribution in [3.05, 3.63) is 53.9 Å². The number of nitrogens with zero attached hydrogens (tertiary/aromatic N) is 1. The van der Waals surface area contributed by atoms with E-state index in [-0.39, 0.29) is 23.5 Å². The first-order valence-electron chi connectivity index (χ1n) is 11.0. The largest absolute Gasteiger partial charge is 0.497 e. The Bertz CT molecular complexity index is 1080. The summed E-state index contributed by atoms with van der Waals surface area (Å²) >= 11 is 2.85. The summed E-state index contributed by atoms with van der Waals surface area (Å²) in [6.45, 7) is 0. The second kappa shape index (κ2) is 11.3. The quantitative estimate of drug-likeness (QED) is 0.382. The number of benzene rings is 2. The van der Waals surface area contributed by atoms with Crippen molar-refractivity contribution < 1.29 is 14.3 Å². The molecule has 172 valence electrons. The minimum atomic E-state index is -0.106. The van der Waals surface area contributed by atoms with Crippen LogP contribution in [0.1, 0.15) is 32.1 Å². The summed E-state index contributed by atoms with van der Waals surface area (Å²) in [5.74, 6) is 1.22. The average molecular weight is 482 g/mol. The number of methoxy groups -OCH3 is 1. The zero-order valence-electron chi connectivity index (χ0n) is 18.5. The lowest BCUT2D eigenvalue weighted by molar-refractivity contribution is -0.120. The molecule has 2 N–H and O–H groups in total. The molecule has 1 aliphatic rings. The van der Waals surface area contributed by atoms with E-state index in [4.69, 9.17) is 4.74 Å². The molecule has 2 amide bonds. The van der Waals surface area contributed by atoms with Crippen molar-refractivity contribution in [1.82, 2.24) is 4.98 Å². The fourth-order valence-corrected chi connectivity index (χ4v) is 5.21. The molecule has 0 bridgehead atoms. The zero-order valence-corrected chi connectivity index (χ0v) is 20.1. The Labute approximate surface area is 202 Å². The maximum atomic E-state index is 12.4. The Morgan fingerprint density at radius 1 is 1.03 bits per heavy atom. The molecule has 1 saturated carbocycles. The third-order valence-electron chi connectivity index (χ3n) is 5.60. The minimum Gasteiger partial charge on any atom is -0.497 e. The first kappa shape index (κ1) is 23.3. The highest BCUT2D eigenvalue weighted by atomic mass is 32.2. The van der Waals surface area contributed by atoms with Crippen LogP contribution in [0.5, 0.6) is 5.75 Å². The Morgan fingerprint density at radius 3 is 2.45 bits per heavy atom. The van der Waals surface area contributed by atoms with Gasteiger partial charge in [0.1, 0.15) is 5.75 Å². The molecule has 2 aromatic carbocycles. The second-order valence-corrected chi connectivity index (χ2v) is 9.86. The number of anilines is 2. The first-order chi connectivity index (χ1) is 16.1. The summed E-state index contributed by atoms with van der Waals surface area (Å²) in [6, 6.07) is 15.3. The van der Waals surface area contributed by atoms with Gasteiger partial charge >= 0.3 is 0 Å². The molecular formula is C25H27N3O3S2. The van der Waals surface area contributed by atoms with Crippen LogP contribution >= 0.6 is 23.1 Å². The number of thioether (sulfide) groups is 1. The maximum Gasteiger partial charge on any atom is 0.236 e. The number of carbonyl (C=O) groups excluding carboxylic acids is 2. The van der Waals surface area contributed by atoms with Crippen LogP contribution in [-0.4, -0.2) is 29.7 Å². The summed E-state index contributed by atoms with van der Waals surface area (Å²) in [5.41, 5.74) is 2.59. The monoisotopic (exact) mass is 481 g/mol. The van der Waals surface area contributed by atoms with Gasteiger partial charge in [-0.2, -0.15) is 0 Å². The van der Waals surface area contributed by atoms with Crippen LogP contribution in [0.2, 0.25) is 0 Å². The number of hydrogen-bond donors (Lipinski definition) is 2. The fourth-order valence-electron chi connectivity index (χ4n) is 3.77. The summed E-state index contributed by atoms with van der Waals surface area (Å²) < 4.78 is 5.18. The number of nitrogens with one attached hydrogen (secondary N) is 2. The number of thiazole rings is 1.